The van der Waals surface area contributed by atoms with Gasteiger partial charge in [-0.3, -0.25) is 0 Å². The van der Waals surface area contributed by atoms with E-state index in [1.165, 1.54) is 38.6 Å². The van der Waals surface area contributed by atoms with E-state index in [0.717, 1.165) is 93.7 Å². The van der Waals surface area contributed by atoms with E-state index < -0.39 is 0 Å². The lowest BCUT2D eigenvalue weighted by Crippen LogP contribution is -2.41. The number of benzene rings is 1. The minimum atomic E-state index is 0.394. The fourth-order valence-corrected chi connectivity index (χ4v) is 6.64. The number of likely N-dealkylation sites (N-methyl/N-ethyl adjacent to an activating group) is 2. The average Bonchev–Trinajstić information content (AvgIpc) is 3.24. The summed E-state index contributed by atoms with van der Waals surface area (Å²) < 4.78 is 17.7. The van der Waals surface area contributed by atoms with Crippen molar-refractivity contribution in [3.63, 3.8) is 0 Å². The molecular weight excluding hydrogens is 542 g/mol. The number of nitrogens with zero attached hydrogens (tertiary/aromatic N) is 6. The van der Waals surface area contributed by atoms with Gasteiger partial charge >= 0.3 is 0 Å². The van der Waals surface area contributed by atoms with Gasteiger partial charge in [0.2, 0.25) is 5.95 Å². The number of piperidine rings is 1. The molecule has 2 aliphatic heterocycles. The summed E-state index contributed by atoms with van der Waals surface area (Å²) in [7, 11) is 7.98. The highest BCUT2D eigenvalue weighted by Crippen LogP contribution is 2.36. The van der Waals surface area contributed by atoms with Gasteiger partial charge in [0.25, 0.3) is 0 Å². The summed E-state index contributed by atoms with van der Waals surface area (Å²) in [6, 6.07) is 4.45. The van der Waals surface area contributed by atoms with Crippen LogP contribution < -0.4 is 19.7 Å². The van der Waals surface area contributed by atoms with Crippen molar-refractivity contribution in [1.82, 2.24) is 24.7 Å². The van der Waals surface area contributed by atoms with Crippen molar-refractivity contribution >= 4 is 22.7 Å². The van der Waals surface area contributed by atoms with E-state index >= 15 is 0 Å². The number of anilines is 2. The summed E-state index contributed by atoms with van der Waals surface area (Å²) in [6.45, 7) is 10.1. The molecule has 1 aromatic carbocycles. The summed E-state index contributed by atoms with van der Waals surface area (Å²) in [5, 5.41) is 4.84. The van der Waals surface area contributed by atoms with Crippen LogP contribution in [-0.2, 0) is 4.74 Å². The topological polar surface area (TPSA) is 78.5 Å². The second-order valence-electron chi connectivity index (χ2n) is 13.0. The lowest BCUT2D eigenvalue weighted by Gasteiger charge is -2.36. The number of ether oxygens (including phenoxy) is 3. The number of methoxy groups -OCH3 is 1. The molecule has 3 aliphatic rings. The zero-order valence-corrected chi connectivity index (χ0v) is 27.2. The first-order valence-electron chi connectivity index (χ1n) is 16.7. The quantitative estimate of drug-likeness (QED) is 0.340. The molecule has 43 heavy (non-hydrogen) atoms. The highest BCUT2D eigenvalue weighted by atomic mass is 16.5. The third-order valence-electron chi connectivity index (χ3n) is 9.31. The van der Waals surface area contributed by atoms with Crippen LogP contribution in [0.25, 0.3) is 10.9 Å². The molecule has 1 N–H and O–H groups in total. The Labute approximate surface area is 259 Å². The van der Waals surface area contributed by atoms with Crippen molar-refractivity contribution in [2.75, 3.05) is 111 Å². The predicted octanol–water partition coefficient (Wildman–Crippen LogP) is 4.19. The number of likely N-dealkylation sites (tertiary alicyclic amines) is 1. The summed E-state index contributed by atoms with van der Waals surface area (Å²) in [6.07, 6.45) is 10.5. The first kappa shape index (κ1) is 32.0. The Bertz CT molecular complexity index is 1140. The molecular formula is C33H55N7O3. The molecule has 1 aliphatic carbocycles. The van der Waals surface area contributed by atoms with Crippen LogP contribution in [0.2, 0.25) is 0 Å². The van der Waals surface area contributed by atoms with Gasteiger partial charge in [0.05, 0.1) is 25.8 Å². The highest BCUT2D eigenvalue weighted by molar-refractivity contribution is 5.93. The van der Waals surface area contributed by atoms with Gasteiger partial charge < -0.3 is 39.1 Å². The lowest BCUT2D eigenvalue weighted by atomic mass is 9.88. The number of nitrogens with one attached hydrogen (secondary N) is 1. The molecule has 0 amide bonds. The van der Waals surface area contributed by atoms with Crippen LogP contribution in [0.3, 0.4) is 0 Å². The summed E-state index contributed by atoms with van der Waals surface area (Å²) in [4.78, 5) is 19.8. The Hall–Kier alpha value is -2.40. The predicted molar refractivity (Wildman–Crippen MR) is 175 cm³/mol. The molecule has 10 heteroatoms. The lowest BCUT2D eigenvalue weighted by molar-refractivity contribution is 0.0881. The normalized spacial score (nSPS) is 20.1. The first-order valence-corrected chi connectivity index (χ1v) is 16.7. The Morgan fingerprint density at radius 2 is 1.67 bits per heavy atom. The molecule has 240 valence electrons. The monoisotopic (exact) mass is 597 g/mol. The van der Waals surface area contributed by atoms with E-state index in [0.29, 0.717) is 37.4 Å². The molecule has 5 rings (SSSR count). The Morgan fingerprint density at radius 3 is 2.44 bits per heavy atom. The number of hydrogen-bond acceptors (Lipinski definition) is 10. The molecule has 0 atom stereocenters. The number of rotatable bonds is 13. The van der Waals surface area contributed by atoms with Crippen molar-refractivity contribution < 1.29 is 14.2 Å². The Kier molecular flexibility index (Phi) is 12.0. The smallest absolute Gasteiger partial charge is 0.227 e. The molecule has 0 radical (unpaired) electrons. The highest BCUT2D eigenvalue weighted by Gasteiger charge is 2.25. The Balaban J connectivity index is 1.32. The fraction of sp³-hybridized carbons (Fsp3) is 0.758. The van der Waals surface area contributed by atoms with E-state index in [2.05, 4.69) is 32.0 Å². The summed E-state index contributed by atoms with van der Waals surface area (Å²) in [5.41, 5.74) is 0.879. The van der Waals surface area contributed by atoms with E-state index in [-0.39, 0.29) is 0 Å². The summed E-state index contributed by atoms with van der Waals surface area (Å²) in [5.74, 6) is 3.98. The van der Waals surface area contributed by atoms with E-state index in [4.69, 9.17) is 24.2 Å². The maximum atomic E-state index is 6.16. The van der Waals surface area contributed by atoms with Gasteiger partial charge in [0, 0.05) is 63.3 Å². The van der Waals surface area contributed by atoms with Crippen molar-refractivity contribution in [2.24, 2.45) is 5.92 Å². The van der Waals surface area contributed by atoms with E-state index in [1.807, 2.05) is 26.2 Å². The molecule has 10 nitrogen and oxygen atoms in total. The third-order valence-corrected chi connectivity index (χ3v) is 9.31. The second kappa shape index (κ2) is 16.1. The zero-order valence-electron chi connectivity index (χ0n) is 27.2. The maximum absolute atomic E-state index is 6.16. The molecule has 1 aromatic heterocycles. The number of aromatic nitrogens is 2. The van der Waals surface area contributed by atoms with Crippen LogP contribution in [0, 0.1) is 5.92 Å². The van der Waals surface area contributed by atoms with Crippen LogP contribution in [0.5, 0.6) is 11.5 Å². The molecule has 0 spiro atoms. The van der Waals surface area contributed by atoms with Gasteiger partial charge in [-0.2, -0.15) is 4.98 Å². The van der Waals surface area contributed by atoms with Gasteiger partial charge in [-0.05, 0) is 71.8 Å². The minimum absolute atomic E-state index is 0.394. The number of fused-ring (bicyclic) bond motifs is 1. The largest absolute Gasteiger partial charge is 0.493 e. The molecule has 2 aromatic rings. The molecule has 1 saturated carbocycles. The van der Waals surface area contributed by atoms with E-state index in [9.17, 15) is 0 Å². The van der Waals surface area contributed by atoms with Crippen LogP contribution in [0.1, 0.15) is 51.4 Å². The van der Waals surface area contributed by atoms with Gasteiger partial charge in [0.15, 0.2) is 11.5 Å². The van der Waals surface area contributed by atoms with Crippen molar-refractivity contribution in [3.8, 4) is 11.5 Å². The zero-order chi connectivity index (χ0) is 30.0. The first-order chi connectivity index (χ1) is 21.0. The Morgan fingerprint density at radius 1 is 0.860 bits per heavy atom. The van der Waals surface area contributed by atoms with Crippen LogP contribution in [0.4, 0.5) is 11.8 Å². The van der Waals surface area contributed by atoms with Crippen LogP contribution >= 0.6 is 0 Å². The molecule has 3 fully saturated rings. The molecule has 3 heterocycles. The van der Waals surface area contributed by atoms with Gasteiger partial charge in [-0.15, -0.1) is 0 Å². The van der Waals surface area contributed by atoms with E-state index in [1.54, 1.807) is 7.11 Å². The standard InChI is InChI=1S/C33H55N7O3/c1-37(2)19-20-42-21-22-43-31-24-29-28(23-30(31)41-4)32(36-33(35-29)40-14-8-13-38(3)17-18-40)34-27-11-15-39(16-12-27)25-26-9-6-5-7-10-26/h23-24,26-27H,5-22,25H2,1-4H3,(H,34,35,36). The van der Waals surface area contributed by atoms with Crippen molar-refractivity contribution in [3.05, 3.63) is 12.1 Å². The van der Waals surface area contributed by atoms with Gasteiger partial charge in [-0.1, -0.05) is 19.3 Å². The number of hydrogen-bond donors (Lipinski definition) is 1. The molecule has 0 bridgehead atoms. The minimum Gasteiger partial charge on any atom is -0.493 e. The van der Waals surface area contributed by atoms with Crippen LogP contribution in [-0.4, -0.2) is 131 Å². The van der Waals surface area contributed by atoms with Gasteiger partial charge in [-0.25, -0.2) is 4.98 Å². The second-order valence-corrected chi connectivity index (χ2v) is 13.0. The van der Waals surface area contributed by atoms with Gasteiger partial charge in [0.1, 0.15) is 12.4 Å². The molecule has 0 unspecified atom stereocenters. The molecule has 2 saturated heterocycles. The third kappa shape index (κ3) is 9.30. The maximum Gasteiger partial charge on any atom is 0.227 e. The van der Waals surface area contributed by atoms with Crippen molar-refractivity contribution in [1.29, 1.82) is 0 Å². The average molecular weight is 598 g/mol. The fourth-order valence-electron chi connectivity index (χ4n) is 6.64. The SMILES string of the molecule is COc1cc2c(NC3CCN(CC4CCCCC4)CC3)nc(N3CCCN(C)CC3)nc2cc1OCCOCCN(C)C. The van der Waals surface area contributed by atoms with Crippen LogP contribution in [0.15, 0.2) is 12.1 Å². The summed E-state index contributed by atoms with van der Waals surface area (Å²) >= 11 is 0. The van der Waals surface area contributed by atoms with Crippen molar-refractivity contribution in [2.45, 2.75) is 57.4 Å².